The highest BCUT2D eigenvalue weighted by Crippen LogP contribution is 2.62. The molecule has 1 amide bonds. The van der Waals surface area contributed by atoms with Gasteiger partial charge in [0.05, 0.1) is 0 Å². The van der Waals surface area contributed by atoms with Gasteiger partial charge in [-0.2, -0.15) is 0 Å². The molecule has 0 saturated heterocycles. The van der Waals surface area contributed by atoms with Crippen LogP contribution in [0, 0.1) is 30.1 Å². The second-order valence-electron chi connectivity index (χ2n) is 13.4. The van der Waals surface area contributed by atoms with Crippen LogP contribution in [-0.2, 0) is 28.9 Å². The average Bonchev–Trinajstić information content (AvgIpc) is 3.48. The standard InChI is InChI=1S/C36H46N2O3/c1-4-7-24-18-30-23(19-31(24)39)12-13-29-28(30)14-16-36(3)32(40)20-25(34(29)36)9-6-11-33(41)37-17-15-26-21-38-35-22(2)8-5-10-27(26)35/h5,8,10,18-19,21,25,28-29,34,38-39H,4,6-7,9,11-17,20H2,1-3H3,(H,37,41)/t25-,28+,29-,34+,36-/m1/s1. The minimum atomic E-state index is -0.216. The van der Waals surface area contributed by atoms with E-state index in [4.69, 9.17) is 0 Å². The Morgan fingerprint density at radius 3 is 2.85 bits per heavy atom. The fourth-order valence-electron chi connectivity index (χ4n) is 8.97. The minimum Gasteiger partial charge on any atom is -0.508 e. The number of phenols is 1. The maximum absolute atomic E-state index is 13.4. The van der Waals surface area contributed by atoms with Crippen molar-refractivity contribution < 1.29 is 14.7 Å². The van der Waals surface area contributed by atoms with Gasteiger partial charge in [0.15, 0.2) is 0 Å². The lowest BCUT2D eigenvalue weighted by atomic mass is 9.54. The summed E-state index contributed by atoms with van der Waals surface area (Å²) in [4.78, 5) is 29.5. The number of H-pyrrole nitrogens is 1. The number of aromatic hydroxyl groups is 1. The molecular weight excluding hydrogens is 508 g/mol. The number of aromatic amines is 1. The van der Waals surface area contributed by atoms with Crippen molar-refractivity contribution in [2.45, 2.75) is 97.3 Å². The molecular formula is C36H46N2O3. The van der Waals surface area contributed by atoms with Crippen molar-refractivity contribution in [2.75, 3.05) is 6.54 Å². The molecule has 6 rings (SSSR count). The summed E-state index contributed by atoms with van der Waals surface area (Å²) in [5, 5.41) is 15.0. The molecule has 0 aliphatic heterocycles. The lowest BCUT2D eigenvalue weighted by Crippen LogP contribution is -2.44. The number of phenolic OH excluding ortho intramolecular Hbond substituents is 1. The number of ketones is 1. The number of carbonyl (C=O) groups is 2. The van der Waals surface area contributed by atoms with Crippen molar-refractivity contribution in [3.05, 3.63) is 64.3 Å². The molecule has 3 N–H and O–H groups in total. The van der Waals surface area contributed by atoms with Gasteiger partial charge in [-0.05, 0) is 116 Å². The zero-order chi connectivity index (χ0) is 28.7. The number of amides is 1. The van der Waals surface area contributed by atoms with Gasteiger partial charge in [-0.3, -0.25) is 9.59 Å². The van der Waals surface area contributed by atoms with Gasteiger partial charge in [-0.1, -0.05) is 44.5 Å². The first kappa shape index (κ1) is 28.1. The molecule has 218 valence electrons. The summed E-state index contributed by atoms with van der Waals surface area (Å²) in [6, 6.07) is 10.7. The predicted octanol–water partition coefficient (Wildman–Crippen LogP) is 7.31. The maximum atomic E-state index is 13.4. The summed E-state index contributed by atoms with van der Waals surface area (Å²) in [6.07, 6.45) is 11.9. The van der Waals surface area contributed by atoms with Gasteiger partial charge in [0.25, 0.3) is 0 Å². The highest BCUT2D eigenvalue weighted by Gasteiger charge is 2.58. The summed E-state index contributed by atoms with van der Waals surface area (Å²) in [5.41, 5.74) is 7.27. The Labute approximate surface area is 244 Å². The number of Topliss-reactive ketones (excluding diaryl/α,β-unsaturated/α-hetero) is 1. The maximum Gasteiger partial charge on any atom is 0.220 e. The predicted molar refractivity (Wildman–Crippen MR) is 164 cm³/mol. The molecule has 5 atom stereocenters. The quantitative estimate of drug-likeness (QED) is 0.259. The first-order valence-corrected chi connectivity index (χ1v) is 16.0. The number of carbonyl (C=O) groups excluding carboxylic acids is 2. The zero-order valence-electron chi connectivity index (χ0n) is 25.0. The van der Waals surface area contributed by atoms with Crippen molar-refractivity contribution in [2.24, 2.45) is 23.2 Å². The van der Waals surface area contributed by atoms with Crippen LogP contribution in [0.1, 0.15) is 98.9 Å². The Morgan fingerprint density at radius 2 is 2.02 bits per heavy atom. The number of aryl methyl sites for hydroxylation is 3. The third-order valence-electron chi connectivity index (χ3n) is 11.0. The second-order valence-corrected chi connectivity index (χ2v) is 13.4. The summed E-state index contributed by atoms with van der Waals surface area (Å²) < 4.78 is 0. The van der Waals surface area contributed by atoms with Gasteiger partial charge in [-0.25, -0.2) is 0 Å². The lowest BCUT2D eigenvalue weighted by Gasteiger charge is -2.50. The molecule has 3 aliphatic carbocycles. The molecule has 0 radical (unpaired) electrons. The summed E-state index contributed by atoms with van der Waals surface area (Å²) in [7, 11) is 0. The van der Waals surface area contributed by atoms with E-state index in [9.17, 15) is 14.7 Å². The van der Waals surface area contributed by atoms with Crippen molar-refractivity contribution >= 4 is 22.6 Å². The second kappa shape index (κ2) is 11.3. The SMILES string of the molecule is CCCc1cc2c(cc1O)CC[C@H]1[C@@H]3[C@H](CCCC(=O)NCCc4c[nH]c5c(C)cccc45)CC(=O)[C@@]3(C)CC[C@H]21. The average molecular weight is 555 g/mol. The number of benzene rings is 2. The summed E-state index contributed by atoms with van der Waals surface area (Å²) >= 11 is 0. The Bertz CT molecular complexity index is 1450. The normalized spacial score (nSPS) is 27.0. The topological polar surface area (TPSA) is 82.2 Å². The van der Waals surface area contributed by atoms with Crippen LogP contribution >= 0.6 is 0 Å². The first-order valence-electron chi connectivity index (χ1n) is 16.0. The lowest BCUT2D eigenvalue weighted by molar-refractivity contribution is -0.129. The number of fused-ring (bicyclic) bond motifs is 6. The van der Waals surface area contributed by atoms with E-state index < -0.39 is 0 Å². The smallest absolute Gasteiger partial charge is 0.220 e. The van der Waals surface area contributed by atoms with Crippen molar-refractivity contribution in [1.82, 2.24) is 10.3 Å². The molecule has 0 spiro atoms. The van der Waals surface area contributed by atoms with Gasteiger partial charge in [0.1, 0.15) is 11.5 Å². The van der Waals surface area contributed by atoms with Crippen molar-refractivity contribution in [3.63, 3.8) is 0 Å². The molecule has 2 aromatic carbocycles. The van der Waals surface area contributed by atoms with E-state index in [-0.39, 0.29) is 11.3 Å². The number of para-hydroxylation sites is 1. The van der Waals surface area contributed by atoms with E-state index in [2.05, 4.69) is 61.5 Å². The van der Waals surface area contributed by atoms with Crippen molar-refractivity contribution in [1.29, 1.82) is 0 Å². The van der Waals surface area contributed by atoms with Gasteiger partial charge in [0, 0.05) is 41.9 Å². The first-order chi connectivity index (χ1) is 19.8. The molecule has 3 aromatic rings. The highest BCUT2D eigenvalue weighted by atomic mass is 16.3. The van der Waals surface area contributed by atoms with Gasteiger partial charge < -0.3 is 15.4 Å². The Hall–Kier alpha value is -3.08. The van der Waals surface area contributed by atoms with Crippen LogP contribution in [0.25, 0.3) is 10.9 Å². The molecule has 5 nitrogen and oxygen atoms in total. The molecule has 5 heteroatoms. The fraction of sp³-hybridized carbons (Fsp3) is 0.556. The molecule has 1 heterocycles. The van der Waals surface area contributed by atoms with Gasteiger partial charge in [0.2, 0.25) is 5.91 Å². The monoisotopic (exact) mass is 554 g/mol. The summed E-state index contributed by atoms with van der Waals surface area (Å²) in [6.45, 7) is 7.15. The molecule has 2 saturated carbocycles. The largest absolute Gasteiger partial charge is 0.508 e. The van der Waals surface area contributed by atoms with Crippen LogP contribution in [0.3, 0.4) is 0 Å². The number of aromatic nitrogens is 1. The Balaban J connectivity index is 1.07. The Kier molecular flexibility index (Phi) is 7.74. The molecule has 0 unspecified atom stereocenters. The molecule has 0 bridgehead atoms. The van der Waals surface area contributed by atoms with E-state index in [0.717, 1.165) is 63.4 Å². The van der Waals surface area contributed by atoms with E-state index in [1.165, 1.54) is 33.2 Å². The fourth-order valence-corrected chi connectivity index (χ4v) is 8.97. The van der Waals surface area contributed by atoms with Gasteiger partial charge in [-0.15, -0.1) is 0 Å². The highest BCUT2D eigenvalue weighted by molar-refractivity contribution is 5.88. The number of rotatable bonds is 9. The molecule has 2 fully saturated rings. The zero-order valence-corrected chi connectivity index (χ0v) is 25.0. The third kappa shape index (κ3) is 5.10. The van der Waals surface area contributed by atoms with Crippen LogP contribution in [0.5, 0.6) is 5.75 Å². The van der Waals surface area contributed by atoms with Crippen LogP contribution in [0.4, 0.5) is 0 Å². The number of hydrogen-bond acceptors (Lipinski definition) is 3. The number of nitrogens with one attached hydrogen (secondary N) is 2. The van der Waals surface area contributed by atoms with Crippen LogP contribution in [-0.4, -0.2) is 28.3 Å². The van der Waals surface area contributed by atoms with E-state index in [0.29, 0.717) is 54.6 Å². The van der Waals surface area contributed by atoms with Crippen LogP contribution in [0.2, 0.25) is 0 Å². The minimum absolute atomic E-state index is 0.115. The van der Waals surface area contributed by atoms with E-state index in [1.54, 1.807) is 0 Å². The van der Waals surface area contributed by atoms with Crippen molar-refractivity contribution in [3.8, 4) is 5.75 Å². The third-order valence-corrected chi connectivity index (χ3v) is 11.0. The summed E-state index contributed by atoms with van der Waals surface area (Å²) in [5.74, 6) is 2.80. The van der Waals surface area contributed by atoms with Crippen LogP contribution in [0.15, 0.2) is 36.5 Å². The number of hydrogen-bond donors (Lipinski definition) is 3. The molecule has 1 aromatic heterocycles. The van der Waals surface area contributed by atoms with Gasteiger partial charge >= 0.3 is 0 Å². The molecule has 41 heavy (non-hydrogen) atoms. The molecule has 3 aliphatic rings. The van der Waals surface area contributed by atoms with E-state index in [1.807, 2.05) is 6.07 Å². The van der Waals surface area contributed by atoms with E-state index >= 15 is 0 Å². The Morgan fingerprint density at radius 1 is 1.17 bits per heavy atom. The van der Waals surface area contributed by atoms with Crippen LogP contribution < -0.4 is 5.32 Å².